The lowest BCUT2D eigenvalue weighted by atomic mass is 10.5. The van der Waals surface area contributed by atoms with Gasteiger partial charge in [0.2, 0.25) is 5.16 Å². The molecule has 5 nitrogen and oxygen atoms in total. The topological polar surface area (TPSA) is 56.0 Å². The predicted octanol–water partition coefficient (Wildman–Crippen LogP) is 2.32. The molecule has 0 aliphatic rings. The first-order chi connectivity index (χ1) is 8.34. The van der Waals surface area contributed by atoms with E-state index in [2.05, 4.69) is 20.2 Å². The Hall–Kier alpha value is -1.66. The minimum Gasteiger partial charge on any atom is -0.277 e. The number of aromatic nitrogens is 5. The van der Waals surface area contributed by atoms with E-state index >= 15 is 0 Å². The summed E-state index contributed by atoms with van der Waals surface area (Å²) in [6.45, 7) is 0. The summed E-state index contributed by atoms with van der Waals surface area (Å²) in [5, 5.41) is 9.82. The summed E-state index contributed by atoms with van der Waals surface area (Å²) in [4.78, 5) is 8.11. The van der Waals surface area contributed by atoms with E-state index in [-0.39, 0.29) is 0 Å². The minimum atomic E-state index is 0.366. The van der Waals surface area contributed by atoms with Crippen molar-refractivity contribution in [2.45, 2.75) is 10.2 Å². The third-order valence-corrected chi connectivity index (χ3v) is 3.43. The maximum atomic E-state index is 5.94. The van der Waals surface area contributed by atoms with Gasteiger partial charge in [-0.3, -0.25) is 4.40 Å². The Balaban J connectivity index is 2.03. The zero-order valence-electron chi connectivity index (χ0n) is 8.49. The average molecular weight is 264 g/mol. The highest BCUT2D eigenvalue weighted by atomic mass is 35.5. The molecule has 0 spiro atoms. The maximum absolute atomic E-state index is 5.94. The molecule has 0 radical (unpaired) electrons. The van der Waals surface area contributed by atoms with Gasteiger partial charge in [-0.25, -0.2) is 9.97 Å². The molecule has 3 rings (SSSR count). The van der Waals surface area contributed by atoms with Gasteiger partial charge >= 0.3 is 0 Å². The summed E-state index contributed by atoms with van der Waals surface area (Å²) >= 11 is 7.27. The first-order valence-electron chi connectivity index (χ1n) is 4.79. The molecule has 0 saturated carbocycles. The average Bonchev–Trinajstić information content (AvgIpc) is 2.76. The molecule has 7 heteroatoms. The molecule has 0 aliphatic heterocycles. The van der Waals surface area contributed by atoms with Crippen LogP contribution < -0.4 is 0 Å². The zero-order valence-corrected chi connectivity index (χ0v) is 10.1. The van der Waals surface area contributed by atoms with E-state index in [4.69, 9.17) is 11.6 Å². The Morgan fingerprint density at radius 2 is 2.00 bits per heavy atom. The van der Waals surface area contributed by atoms with Crippen molar-refractivity contribution in [1.29, 1.82) is 0 Å². The van der Waals surface area contributed by atoms with Crippen LogP contribution in [0.3, 0.4) is 0 Å². The van der Waals surface area contributed by atoms with Gasteiger partial charge in [0.1, 0.15) is 5.03 Å². The Morgan fingerprint density at radius 3 is 2.88 bits per heavy atom. The van der Waals surface area contributed by atoms with Crippen LogP contribution in [0.4, 0.5) is 0 Å². The van der Waals surface area contributed by atoms with Crippen molar-refractivity contribution in [3.63, 3.8) is 0 Å². The molecular formula is C10H6ClN5S. The van der Waals surface area contributed by atoms with Crippen LogP contribution in [0, 0.1) is 0 Å². The third kappa shape index (κ3) is 1.96. The standard InChI is InChI=1S/C10H6ClN5S/c11-8-9(13-5-4-12-8)17-10-15-14-7-3-1-2-6-16(7)10/h1-6H. The highest BCUT2D eigenvalue weighted by Gasteiger charge is 2.10. The molecule has 0 aliphatic carbocycles. The van der Waals surface area contributed by atoms with E-state index in [9.17, 15) is 0 Å². The second-order valence-electron chi connectivity index (χ2n) is 3.17. The Bertz CT molecular complexity index is 668. The van der Waals surface area contributed by atoms with Crippen LogP contribution in [0.15, 0.2) is 47.0 Å². The van der Waals surface area contributed by atoms with Crippen molar-refractivity contribution >= 4 is 29.0 Å². The van der Waals surface area contributed by atoms with Crippen molar-refractivity contribution in [2.24, 2.45) is 0 Å². The van der Waals surface area contributed by atoms with Gasteiger partial charge in [-0.05, 0) is 23.9 Å². The van der Waals surface area contributed by atoms with Gasteiger partial charge in [-0.1, -0.05) is 17.7 Å². The van der Waals surface area contributed by atoms with Crippen LogP contribution >= 0.6 is 23.4 Å². The Labute approximate surface area is 106 Å². The molecule has 3 aromatic heterocycles. The van der Waals surface area contributed by atoms with Gasteiger partial charge in [0.25, 0.3) is 0 Å². The van der Waals surface area contributed by atoms with Crippen molar-refractivity contribution < 1.29 is 0 Å². The lowest BCUT2D eigenvalue weighted by molar-refractivity contribution is 0.914. The normalized spacial score (nSPS) is 10.9. The number of pyridine rings is 1. The molecule has 0 unspecified atom stereocenters. The van der Waals surface area contributed by atoms with E-state index in [1.54, 1.807) is 12.4 Å². The fraction of sp³-hybridized carbons (Fsp3) is 0. The first-order valence-corrected chi connectivity index (χ1v) is 5.98. The summed E-state index contributed by atoms with van der Waals surface area (Å²) in [6.07, 6.45) is 5.04. The van der Waals surface area contributed by atoms with Crippen LogP contribution in [-0.2, 0) is 0 Å². The van der Waals surface area contributed by atoms with E-state index in [1.165, 1.54) is 11.8 Å². The second kappa shape index (κ2) is 4.31. The molecule has 0 N–H and O–H groups in total. The fourth-order valence-electron chi connectivity index (χ4n) is 1.35. The Morgan fingerprint density at radius 1 is 1.12 bits per heavy atom. The molecule has 0 bridgehead atoms. The van der Waals surface area contributed by atoms with Crippen molar-refractivity contribution in [3.05, 3.63) is 41.9 Å². The van der Waals surface area contributed by atoms with Crippen molar-refractivity contribution in [3.8, 4) is 0 Å². The molecule has 0 amide bonds. The number of rotatable bonds is 2. The van der Waals surface area contributed by atoms with E-state index in [0.717, 1.165) is 5.65 Å². The lowest BCUT2D eigenvalue weighted by Crippen LogP contribution is -1.89. The number of nitrogens with zero attached hydrogens (tertiary/aromatic N) is 5. The van der Waals surface area contributed by atoms with E-state index in [1.807, 2.05) is 28.8 Å². The molecule has 0 fully saturated rings. The van der Waals surface area contributed by atoms with Crippen LogP contribution in [0.25, 0.3) is 5.65 Å². The first kappa shape index (κ1) is 10.5. The molecule has 84 valence electrons. The molecular weight excluding hydrogens is 258 g/mol. The number of hydrogen-bond acceptors (Lipinski definition) is 5. The van der Waals surface area contributed by atoms with Crippen molar-refractivity contribution in [1.82, 2.24) is 24.6 Å². The van der Waals surface area contributed by atoms with Crippen molar-refractivity contribution in [2.75, 3.05) is 0 Å². The summed E-state index contributed by atoms with van der Waals surface area (Å²) in [5.74, 6) is 0. The van der Waals surface area contributed by atoms with E-state index in [0.29, 0.717) is 15.3 Å². The summed E-state index contributed by atoms with van der Waals surface area (Å²) in [5.41, 5.74) is 0.787. The lowest BCUT2D eigenvalue weighted by Gasteiger charge is -1.99. The number of halogens is 1. The van der Waals surface area contributed by atoms with Gasteiger partial charge in [0.05, 0.1) is 0 Å². The van der Waals surface area contributed by atoms with Gasteiger partial charge < -0.3 is 0 Å². The van der Waals surface area contributed by atoms with Crippen LogP contribution in [0.1, 0.15) is 0 Å². The zero-order chi connectivity index (χ0) is 11.7. The monoisotopic (exact) mass is 263 g/mol. The van der Waals surface area contributed by atoms with E-state index < -0.39 is 0 Å². The summed E-state index contributed by atoms with van der Waals surface area (Å²) < 4.78 is 1.87. The maximum Gasteiger partial charge on any atom is 0.202 e. The number of hydrogen-bond donors (Lipinski definition) is 0. The fourth-order valence-corrected chi connectivity index (χ4v) is 2.33. The Kier molecular flexibility index (Phi) is 2.66. The quantitative estimate of drug-likeness (QED) is 0.710. The molecule has 0 aromatic carbocycles. The molecule has 0 saturated heterocycles. The number of fused-ring (bicyclic) bond motifs is 1. The van der Waals surface area contributed by atoms with Gasteiger partial charge in [-0.15, -0.1) is 10.2 Å². The molecule has 0 atom stereocenters. The highest BCUT2D eigenvalue weighted by molar-refractivity contribution is 7.99. The SMILES string of the molecule is Clc1nccnc1Sc1nnc2ccccn12. The third-order valence-electron chi connectivity index (χ3n) is 2.09. The summed E-state index contributed by atoms with van der Waals surface area (Å²) in [7, 11) is 0. The minimum absolute atomic E-state index is 0.366. The molecule has 17 heavy (non-hydrogen) atoms. The van der Waals surface area contributed by atoms with Gasteiger partial charge in [0.15, 0.2) is 10.8 Å². The van der Waals surface area contributed by atoms with Gasteiger partial charge in [0, 0.05) is 18.6 Å². The molecule has 3 heterocycles. The molecule has 3 aromatic rings. The van der Waals surface area contributed by atoms with Gasteiger partial charge in [-0.2, -0.15) is 0 Å². The van der Waals surface area contributed by atoms with Crippen LogP contribution in [0.5, 0.6) is 0 Å². The predicted molar refractivity (Wildman–Crippen MR) is 64.2 cm³/mol. The smallest absolute Gasteiger partial charge is 0.202 e. The van der Waals surface area contributed by atoms with Crippen LogP contribution in [-0.4, -0.2) is 24.6 Å². The summed E-state index contributed by atoms with van der Waals surface area (Å²) in [6, 6.07) is 5.71. The largest absolute Gasteiger partial charge is 0.277 e. The second-order valence-corrected chi connectivity index (χ2v) is 4.48. The van der Waals surface area contributed by atoms with Crippen LogP contribution in [0.2, 0.25) is 5.15 Å². The highest BCUT2D eigenvalue weighted by Crippen LogP contribution is 2.28.